The molecule has 0 unspecified atom stereocenters. The highest BCUT2D eigenvalue weighted by Gasteiger charge is 2.11. The van der Waals surface area contributed by atoms with E-state index in [1.165, 1.54) is 21.9 Å². The van der Waals surface area contributed by atoms with Crippen molar-refractivity contribution in [2.24, 2.45) is 0 Å². The van der Waals surface area contributed by atoms with Gasteiger partial charge in [0.1, 0.15) is 12.4 Å². The Bertz CT molecular complexity index is 635. The van der Waals surface area contributed by atoms with Crippen molar-refractivity contribution >= 4 is 16.5 Å². The molecular weight excluding hydrogens is 220 g/mol. The average molecular weight is 236 g/mol. The normalized spacial score (nSPS) is 14.4. The fraction of sp³-hybridized carbons (Fsp3) is 0.176. The number of rotatable bonds is 2. The average Bonchev–Trinajstić information content (AvgIpc) is 2.47. The summed E-state index contributed by atoms with van der Waals surface area (Å²) >= 11 is 0. The summed E-state index contributed by atoms with van der Waals surface area (Å²) in [6.45, 7) is 2.87. The Morgan fingerprint density at radius 1 is 1.11 bits per heavy atom. The molecule has 0 aliphatic carbocycles. The molecule has 90 valence electrons. The molecule has 0 aromatic heterocycles. The summed E-state index contributed by atoms with van der Waals surface area (Å²) in [5.74, 6) is 0.986. The van der Waals surface area contributed by atoms with Gasteiger partial charge in [-0.15, -0.1) is 0 Å². The number of fused-ring (bicyclic) bond motifs is 1. The van der Waals surface area contributed by atoms with E-state index in [1.54, 1.807) is 0 Å². The standard InChI is InChI=1S/C17H16O/c1-2-14-15-8-4-3-7-13(15)10-11-16(14)17-9-5-6-12-18-17/h3-11H,2,12H2,1H3. The van der Waals surface area contributed by atoms with E-state index in [-0.39, 0.29) is 0 Å². The Kier molecular flexibility index (Phi) is 2.89. The van der Waals surface area contributed by atoms with E-state index >= 15 is 0 Å². The highest BCUT2D eigenvalue weighted by Crippen LogP contribution is 2.29. The topological polar surface area (TPSA) is 9.23 Å². The molecule has 1 heterocycles. The second kappa shape index (κ2) is 4.69. The molecule has 1 nitrogen and oxygen atoms in total. The molecule has 18 heavy (non-hydrogen) atoms. The molecule has 2 aromatic rings. The molecule has 0 fully saturated rings. The van der Waals surface area contributed by atoms with E-state index in [1.807, 2.05) is 12.2 Å². The first kappa shape index (κ1) is 11.1. The van der Waals surface area contributed by atoms with E-state index in [2.05, 4.69) is 49.4 Å². The number of hydrogen-bond donors (Lipinski definition) is 0. The molecule has 0 spiro atoms. The van der Waals surface area contributed by atoms with Gasteiger partial charge in [-0.3, -0.25) is 0 Å². The first-order valence-electron chi connectivity index (χ1n) is 6.41. The molecule has 3 rings (SSSR count). The molecule has 1 aliphatic heterocycles. The summed E-state index contributed by atoms with van der Waals surface area (Å²) in [5.41, 5.74) is 2.59. The van der Waals surface area contributed by atoms with Gasteiger partial charge in [-0.25, -0.2) is 0 Å². The van der Waals surface area contributed by atoms with Crippen molar-refractivity contribution in [1.29, 1.82) is 0 Å². The van der Waals surface area contributed by atoms with Crippen LogP contribution in [0.2, 0.25) is 0 Å². The van der Waals surface area contributed by atoms with Crippen LogP contribution in [0.25, 0.3) is 16.5 Å². The molecule has 0 saturated heterocycles. The van der Waals surface area contributed by atoms with Gasteiger partial charge in [0.05, 0.1) is 0 Å². The third-order valence-electron chi connectivity index (χ3n) is 3.38. The molecule has 0 amide bonds. The second-order valence-electron chi connectivity index (χ2n) is 4.44. The highest BCUT2D eigenvalue weighted by molar-refractivity contribution is 5.90. The van der Waals surface area contributed by atoms with Crippen molar-refractivity contribution < 1.29 is 4.74 Å². The fourth-order valence-electron chi connectivity index (χ4n) is 2.51. The number of ether oxygens (including phenoxy) is 1. The van der Waals surface area contributed by atoms with Crippen molar-refractivity contribution in [1.82, 2.24) is 0 Å². The summed E-state index contributed by atoms with van der Waals surface area (Å²) in [7, 11) is 0. The van der Waals surface area contributed by atoms with E-state index in [0.29, 0.717) is 6.61 Å². The Hall–Kier alpha value is -2.02. The zero-order valence-corrected chi connectivity index (χ0v) is 10.5. The van der Waals surface area contributed by atoms with Crippen LogP contribution in [0.3, 0.4) is 0 Å². The molecule has 2 aromatic carbocycles. The second-order valence-corrected chi connectivity index (χ2v) is 4.44. The van der Waals surface area contributed by atoms with Crippen LogP contribution >= 0.6 is 0 Å². The Balaban J connectivity index is 2.23. The maximum absolute atomic E-state index is 5.73. The predicted molar refractivity (Wildman–Crippen MR) is 76.4 cm³/mol. The minimum Gasteiger partial charge on any atom is -0.489 e. The number of allylic oxidation sites excluding steroid dienone is 2. The molecule has 0 bridgehead atoms. The SMILES string of the molecule is CCc1c(C2=CC=CCO2)ccc2ccccc12. The maximum Gasteiger partial charge on any atom is 0.127 e. The summed E-state index contributed by atoms with van der Waals surface area (Å²) in [4.78, 5) is 0. The lowest BCUT2D eigenvalue weighted by atomic mass is 9.95. The van der Waals surface area contributed by atoms with Crippen molar-refractivity contribution in [3.63, 3.8) is 0 Å². The Labute approximate surface area is 107 Å². The van der Waals surface area contributed by atoms with Gasteiger partial charge in [-0.05, 0) is 34.9 Å². The Morgan fingerprint density at radius 3 is 2.78 bits per heavy atom. The quantitative estimate of drug-likeness (QED) is 0.754. The largest absolute Gasteiger partial charge is 0.489 e. The van der Waals surface area contributed by atoms with Gasteiger partial charge in [-0.2, -0.15) is 0 Å². The third kappa shape index (κ3) is 1.82. The van der Waals surface area contributed by atoms with E-state index in [4.69, 9.17) is 4.74 Å². The van der Waals surface area contributed by atoms with Crippen LogP contribution in [0.1, 0.15) is 18.1 Å². The lowest BCUT2D eigenvalue weighted by molar-refractivity contribution is 0.316. The number of aryl methyl sites for hydroxylation is 1. The Morgan fingerprint density at radius 2 is 2.00 bits per heavy atom. The van der Waals surface area contributed by atoms with Gasteiger partial charge in [0, 0.05) is 5.56 Å². The minimum atomic E-state index is 0.668. The van der Waals surface area contributed by atoms with Crippen LogP contribution in [0.4, 0.5) is 0 Å². The third-order valence-corrected chi connectivity index (χ3v) is 3.38. The number of hydrogen-bond acceptors (Lipinski definition) is 1. The summed E-state index contributed by atoms with van der Waals surface area (Å²) in [6.07, 6.45) is 7.15. The molecule has 0 N–H and O–H groups in total. The van der Waals surface area contributed by atoms with Gasteiger partial charge < -0.3 is 4.74 Å². The first-order valence-corrected chi connectivity index (χ1v) is 6.41. The van der Waals surface area contributed by atoms with Crippen LogP contribution in [-0.4, -0.2) is 6.61 Å². The zero-order valence-electron chi connectivity index (χ0n) is 10.5. The molecule has 0 atom stereocenters. The van der Waals surface area contributed by atoms with E-state index in [9.17, 15) is 0 Å². The highest BCUT2D eigenvalue weighted by atomic mass is 16.5. The van der Waals surface area contributed by atoms with E-state index < -0.39 is 0 Å². The summed E-state index contributed by atoms with van der Waals surface area (Å²) in [5, 5.41) is 2.63. The van der Waals surface area contributed by atoms with Crippen LogP contribution < -0.4 is 0 Å². The zero-order chi connectivity index (χ0) is 12.4. The van der Waals surface area contributed by atoms with Crippen LogP contribution in [0, 0.1) is 0 Å². The maximum atomic E-state index is 5.73. The molecule has 1 heteroatoms. The van der Waals surface area contributed by atoms with Crippen LogP contribution in [0.15, 0.2) is 54.6 Å². The van der Waals surface area contributed by atoms with Crippen LogP contribution in [0.5, 0.6) is 0 Å². The number of benzene rings is 2. The molecular formula is C17H16O. The molecule has 0 radical (unpaired) electrons. The van der Waals surface area contributed by atoms with Crippen molar-refractivity contribution in [2.75, 3.05) is 6.61 Å². The van der Waals surface area contributed by atoms with Gasteiger partial charge in [0.2, 0.25) is 0 Å². The fourth-order valence-corrected chi connectivity index (χ4v) is 2.51. The smallest absolute Gasteiger partial charge is 0.127 e. The summed E-state index contributed by atoms with van der Waals surface area (Å²) < 4.78 is 5.73. The van der Waals surface area contributed by atoms with Gasteiger partial charge >= 0.3 is 0 Å². The lowest BCUT2D eigenvalue weighted by Gasteiger charge is -2.16. The van der Waals surface area contributed by atoms with Gasteiger partial charge in [0.15, 0.2) is 0 Å². The van der Waals surface area contributed by atoms with Gasteiger partial charge in [0.25, 0.3) is 0 Å². The van der Waals surface area contributed by atoms with Gasteiger partial charge in [-0.1, -0.05) is 49.4 Å². The molecule has 0 saturated carbocycles. The summed E-state index contributed by atoms with van der Waals surface area (Å²) in [6, 6.07) is 12.9. The first-order chi connectivity index (χ1) is 8.90. The van der Waals surface area contributed by atoms with E-state index in [0.717, 1.165) is 12.2 Å². The minimum absolute atomic E-state index is 0.668. The van der Waals surface area contributed by atoms with Crippen molar-refractivity contribution in [2.45, 2.75) is 13.3 Å². The predicted octanol–water partition coefficient (Wildman–Crippen LogP) is 4.33. The van der Waals surface area contributed by atoms with Crippen LogP contribution in [-0.2, 0) is 11.2 Å². The van der Waals surface area contributed by atoms with Crippen molar-refractivity contribution in [3.05, 3.63) is 65.8 Å². The lowest BCUT2D eigenvalue weighted by Crippen LogP contribution is -2.00. The van der Waals surface area contributed by atoms with Crippen molar-refractivity contribution in [3.8, 4) is 0 Å². The molecule has 1 aliphatic rings. The monoisotopic (exact) mass is 236 g/mol.